The number of benzene rings is 2. The summed E-state index contributed by atoms with van der Waals surface area (Å²) >= 11 is 0. The SMILES string of the molecule is CCCNS(=O)(=O)c1cc(C(=O)Nc2ccc(C(C)C)cc2)ccc1N1CCCC1. The summed E-state index contributed by atoms with van der Waals surface area (Å²) in [6.07, 6.45) is 2.78. The number of hydrogen-bond acceptors (Lipinski definition) is 4. The molecule has 0 unspecified atom stereocenters. The number of hydrogen-bond donors (Lipinski definition) is 2. The van der Waals surface area contributed by atoms with E-state index in [4.69, 9.17) is 0 Å². The molecule has 2 N–H and O–H groups in total. The minimum absolute atomic E-state index is 0.167. The lowest BCUT2D eigenvalue weighted by Crippen LogP contribution is -2.28. The Morgan fingerprint density at radius 2 is 1.73 bits per heavy atom. The number of anilines is 2. The third kappa shape index (κ3) is 5.21. The largest absolute Gasteiger partial charge is 0.370 e. The highest BCUT2D eigenvalue weighted by molar-refractivity contribution is 7.89. The third-order valence-electron chi connectivity index (χ3n) is 5.34. The van der Waals surface area contributed by atoms with Gasteiger partial charge < -0.3 is 10.2 Å². The van der Waals surface area contributed by atoms with Crippen LogP contribution in [-0.4, -0.2) is 34.0 Å². The first kappa shape index (κ1) is 22.3. The van der Waals surface area contributed by atoms with E-state index in [-0.39, 0.29) is 10.8 Å². The number of amides is 1. The van der Waals surface area contributed by atoms with Crippen molar-refractivity contribution >= 4 is 27.3 Å². The maximum Gasteiger partial charge on any atom is 0.255 e. The molecule has 0 aliphatic carbocycles. The number of nitrogens with one attached hydrogen (secondary N) is 2. The van der Waals surface area contributed by atoms with Gasteiger partial charge in [0, 0.05) is 30.9 Å². The van der Waals surface area contributed by atoms with Gasteiger partial charge in [-0.1, -0.05) is 32.9 Å². The summed E-state index contributed by atoms with van der Waals surface area (Å²) in [5.74, 6) is 0.0866. The summed E-state index contributed by atoms with van der Waals surface area (Å²) in [5.41, 5.74) is 2.86. The highest BCUT2D eigenvalue weighted by Crippen LogP contribution is 2.30. The monoisotopic (exact) mass is 429 g/mol. The molecule has 162 valence electrons. The van der Waals surface area contributed by atoms with E-state index in [2.05, 4.69) is 28.8 Å². The molecule has 0 spiro atoms. The summed E-state index contributed by atoms with van der Waals surface area (Å²) in [6, 6.07) is 12.7. The van der Waals surface area contributed by atoms with Crippen LogP contribution in [0, 0.1) is 0 Å². The Labute approximate surface area is 179 Å². The maximum absolute atomic E-state index is 12.9. The summed E-state index contributed by atoms with van der Waals surface area (Å²) in [7, 11) is -3.71. The molecule has 0 radical (unpaired) electrons. The van der Waals surface area contributed by atoms with Crippen molar-refractivity contribution in [2.75, 3.05) is 29.9 Å². The van der Waals surface area contributed by atoms with Crippen LogP contribution in [-0.2, 0) is 10.0 Å². The first-order valence-corrected chi connectivity index (χ1v) is 12.1. The van der Waals surface area contributed by atoms with Gasteiger partial charge >= 0.3 is 0 Å². The van der Waals surface area contributed by atoms with Crippen molar-refractivity contribution < 1.29 is 13.2 Å². The zero-order chi connectivity index (χ0) is 21.7. The van der Waals surface area contributed by atoms with Crippen LogP contribution in [0.1, 0.15) is 61.9 Å². The van der Waals surface area contributed by atoms with Gasteiger partial charge in [-0.15, -0.1) is 0 Å². The predicted molar refractivity (Wildman–Crippen MR) is 122 cm³/mol. The molecule has 0 aromatic heterocycles. The standard InChI is InChI=1S/C23H31N3O3S/c1-4-13-24-30(28,29)22-16-19(9-12-21(22)26-14-5-6-15-26)23(27)25-20-10-7-18(8-11-20)17(2)3/h7-12,16-17,24H,4-6,13-15H2,1-3H3,(H,25,27). The Bertz CT molecular complexity index is 979. The van der Waals surface area contributed by atoms with Crippen LogP contribution >= 0.6 is 0 Å². The molecule has 1 amide bonds. The second kappa shape index (κ2) is 9.62. The fraction of sp³-hybridized carbons (Fsp3) is 0.435. The molecule has 2 aromatic rings. The Morgan fingerprint density at radius 1 is 1.07 bits per heavy atom. The average Bonchev–Trinajstić information content (AvgIpc) is 3.27. The van der Waals surface area contributed by atoms with E-state index in [0.717, 1.165) is 25.9 Å². The van der Waals surface area contributed by atoms with Gasteiger partial charge in [0.25, 0.3) is 5.91 Å². The van der Waals surface area contributed by atoms with Crippen LogP contribution in [0.25, 0.3) is 0 Å². The molecule has 6 nitrogen and oxygen atoms in total. The van der Waals surface area contributed by atoms with Gasteiger partial charge in [0.2, 0.25) is 10.0 Å². The van der Waals surface area contributed by atoms with E-state index in [1.807, 2.05) is 31.2 Å². The van der Waals surface area contributed by atoms with Gasteiger partial charge in [0.1, 0.15) is 4.90 Å². The van der Waals surface area contributed by atoms with Crippen LogP contribution in [0.15, 0.2) is 47.4 Å². The molecule has 1 saturated heterocycles. The normalized spacial score (nSPS) is 14.3. The van der Waals surface area contributed by atoms with Crippen LogP contribution in [0.4, 0.5) is 11.4 Å². The zero-order valence-electron chi connectivity index (χ0n) is 17.9. The smallest absolute Gasteiger partial charge is 0.255 e. The highest BCUT2D eigenvalue weighted by atomic mass is 32.2. The van der Waals surface area contributed by atoms with E-state index >= 15 is 0 Å². The van der Waals surface area contributed by atoms with Crippen LogP contribution in [0.3, 0.4) is 0 Å². The number of carbonyl (C=O) groups is 1. The summed E-state index contributed by atoms with van der Waals surface area (Å²) in [4.78, 5) is 15.1. The average molecular weight is 430 g/mol. The molecule has 2 aromatic carbocycles. The first-order valence-electron chi connectivity index (χ1n) is 10.6. The quantitative estimate of drug-likeness (QED) is 0.654. The van der Waals surface area contributed by atoms with Crippen molar-refractivity contribution in [2.24, 2.45) is 0 Å². The Hall–Kier alpha value is -2.38. The molecule has 1 aliphatic rings. The molecule has 3 rings (SSSR count). The molecular weight excluding hydrogens is 398 g/mol. The fourth-order valence-corrected chi connectivity index (χ4v) is 4.94. The van der Waals surface area contributed by atoms with E-state index in [9.17, 15) is 13.2 Å². The molecule has 0 bridgehead atoms. The topological polar surface area (TPSA) is 78.5 Å². The summed E-state index contributed by atoms with van der Waals surface area (Å²) in [5, 5.41) is 2.87. The minimum atomic E-state index is -3.71. The lowest BCUT2D eigenvalue weighted by molar-refractivity contribution is 0.102. The molecule has 1 aliphatic heterocycles. The third-order valence-corrected chi connectivity index (χ3v) is 6.83. The molecule has 0 saturated carbocycles. The second-order valence-electron chi connectivity index (χ2n) is 8.01. The Balaban J connectivity index is 1.89. The van der Waals surface area contributed by atoms with Crippen LogP contribution in [0.2, 0.25) is 0 Å². The Kier molecular flexibility index (Phi) is 7.15. The van der Waals surface area contributed by atoms with Crippen molar-refractivity contribution in [1.29, 1.82) is 0 Å². The molecule has 1 heterocycles. The molecule has 0 atom stereocenters. The van der Waals surface area contributed by atoms with Gasteiger partial charge in [0.15, 0.2) is 0 Å². The molecule has 1 fully saturated rings. The fourth-order valence-electron chi connectivity index (χ4n) is 3.56. The van der Waals surface area contributed by atoms with Crippen LogP contribution in [0.5, 0.6) is 0 Å². The van der Waals surface area contributed by atoms with Crippen molar-refractivity contribution in [3.05, 3.63) is 53.6 Å². The van der Waals surface area contributed by atoms with Gasteiger partial charge in [-0.05, 0) is 61.1 Å². The van der Waals surface area contributed by atoms with E-state index in [1.54, 1.807) is 12.1 Å². The van der Waals surface area contributed by atoms with E-state index < -0.39 is 10.0 Å². The van der Waals surface area contributed by atoms with Gasteiger partial charge in [0.05, 0.1) is 5.69 Å². The zero-order valence-corrected chi connectivity index (χ0v) is 18.8. The number of rotatable bonds is 8. The van der Waals surface area contributed by atoms with Crippen molar-refractivity contribution in [2.45, 2.75) is 50.8 Å². The summed E-state index contributed by atoms with van der Waals surface area (Å²) < 4.78 is 28.5. The van der Waals surface area contributed by atoms with E-state index in [0.29, 0.717) is 35.8 Å². The highest BCUT2D eigenvalue weighted by Gasteiger charge is 2.25. The minimum Gasteiger partial charge on any atom is -0.370 e. The first-order chi connectivity index (χ1) is 14.3. The summed E-state index contributed by atoms with van der Waals surface area (Å²) in [6.45, 7) is 8.15. The second-order valence-corrected chi connectivity index (χ2v) is 9.74. The number of nitrogens with zero attached hydrogens (tertiary/aromatic N) is 1. The van der Waals surface area contributed by atoms with Crippen molar-refractivity contribution in [3.63, 3.8) is 0 Å². The lowest BCUT2D eigenvalue weighted by atomic mass is 10.0. The Morgan fingerprint density at radius 3 is 2.33 bits per heavy atom. The van der Waals surface area contributed by atoms with E-state index in [1.165, 1.54) is 11.6 Å². The predicted octanol–water partition coefficient (Wildman–Crippen LogP) is 4.35. The number of carbonyl (C=O) groups excluding carboxylic acids is 1. The van der Waals surface area contributed by atoms with Crippen molar-refractivity contribution in [3.8, 4) is 0 Å². The lowest BCUT2D eigenvalue weighted by Gasteiger charge is -2.22. The molecular formula is C23H31N3O3S. The van der Waals surface area contributed by atoms with Gasteiger partial charge in [-0.25, -0.2) is 13.1 Å². The number of sulfonamides is 1. The van der Waals surface area contributed by atoms with Gasteiger partial charge in [-0.2, -0.15) is 0 Å². The maximum atomic E-state index is 12.9. The van der Waals surface area contributed by atoms with Crippen molar-refractivity contribution in [1.82, 2.24) is 4.72 Å². The van der Waals surface area contributed by atoms with Gasteiger partial charge in [-0.3, -0.25) is 4.79 Å². The molecule has 30 heavy (non-hydrogen) atoms. The molecule has 7 heteroatoms. The van der Waals surface area contributed by atoms with Crippen LogP contribution < -0.4 is 14.9 Å².